The van der Waals surface area contributed by atoms with Gasteiger partial charge in [-0.1, -0.05) is 57.9 Å². The van der Waals surface area contributed by atoms with Crippen molar-refractivity contribution in [1.82, 2.24) is 5.32 Å². The van der Waals surface area contributed by atoms with E-state index in [0.717, 1.165) is 10.0 Å². The van der Waals surface area contributed by atoms with Gasteiger partial charge in [0.2, 0.25) is 0 Å². The molecule has 4 rings (SSSR count). The molecule has 1 atom stereocenters. The largest absolute Gasteiger partial charge is 0.480 e. The molecule has 7 nitrogen and oxygen atoms in total. The zero-order valence-electron chi connectivity index (χ0n) is 19.9. The van der Waals surface area contributed by atoms with Gasteiger partial charge in [0.15, 0.2) is 0 Å². The van der Waals surface area contributed by atoms with E-state index in [-0.39, 0.29) is 22.7 Å². The van der Waals surface area contributed by atoms with Gasteiger partial charge in [0.1, 0.15) is 17.5 Å². The van der Waals surface area contributed by atoms with E-state index in [1.54, 1.807) is 48.5 Å². The number of hydrogen-bond donors (Lipinski definition) is 3. The Morgan fingerprint density at radius 1 is 0.842 bits per heavy atom. The lowest BCUT2D eigenvalue weighted by Crippen LogP contribution is -2.42. The molecule has 0 fully saturated rings. The first-order valence-corrected chi connectivity index (χ1v) is 12.7. The quantitative estimate of drug-likeness (QED) is 0.204. The van der Waals surface area contributed by atoms with Crippen molar-refractivity contribution < 1.29 is 24.2 Å². The number of halogens is 2. The lowest BCUT2D eigenvalue weighted by Gasteiger charge is -2.17. The third-order valence-electron chi connectivity index (χ3n) is 5.53. The topological polar surface area (TPSA) is 105 Å². The summed E-state index contributed by atoms with van der Waals surface area (Å²) in [6, 6.07) is 26.1. The van der Waals surface area contributed by atoms with Crippen LogP contribution in [0.15, 0.2) is 102 Å². The van der Waals surface area contributed by atoms with Crippen LogP contribution in [0.2, 0.25) is 5.02 Å². The van der Waals surface area contributed by atoms with Crippen LogP contribution < -0.4 is 15.4 Å². The molecule has 0 spiro atoms. The molecule has 192 valence electrons. The SMILES string of the molecule is O=C(Nc1ccc(Cl)cc1C(=O)NC(Cc1ccc(Br)cc1)C(=O)O)c1ccc(Oc2ccccc2)cc1. The van der Waals surface area contributed by atoms with Crippen LogP contribution in [0, 0.1) is 0 Å². The number of para-hydroxylation sites is 1. The Balaban J connectivity index is 1.47. The fraction of sp³-hybridized carbons (Fsp3) is 0.0690. The Hall–Kier alpha value is -4.14. The van der Waals surface area contributed by atoms with Crippen LogP contribution in [0.25, 0.3) is 0 Å². The maximum Gasteiger partial charge on any atom is 0.326 e. The van der Waals surface area contributed by atoms with Crippen molar-refractivity contribution in [1.29, 1.82) is 0 Å². The standard InChI is InChI=1S/C29H22BrClN2O5/c30-20-10-6-18(7-11-20)16-26(29(36)37)33-28(35)24-17-21(31)12-15-25(24)32-27(34)19-8-13-23(14-9-19)38-22-4-2-1-3-5-22/h1-15,17,26H,16H2,(H,32,34)(H,33,35)(H,36,37). The van der Waals surface area contributed by atoms with Gasteiger partial charge >= 0.3 is 5.97 Å². The number of aliphatic carboxylic acids is 1. The Labute approximate surface area is 232 Å². The summed E-state index contributed by atoms with van der Waals surface area (Å²) in [6.07, 6.45) is 0.0774. The van der Waals surface area contributed by atoms with Crippen molar-refractivity contribution in [3.63, 3.8) is 0 Å². The minimum absolute atomic E-state index is 0.0388. The molecular weight excluding hydrogens is 572 g/mol. The lowest BCUT2D eigenvalue weighted by atomic mass is 10.0. The molecule has 0 saturated heterocycles. The van der Waals surface area contributed by atoms with Gasteiger partial charge in [0.25, 0.3) is 11.8 Å². The smallest absolute Gasteiger partial charge is 0.326 e. The number of hydrogen-bond acceptors (Lipinski definition) is 4. The molecule has 0 aromatic heterocycles. The van der Waals surface area contributed by atoms with Gasteiger partial charge in [0, 0.05) is 21.5 Å². The molecule has 38 heavy (non-hydrogen) atoms. The van der Waals surface area contributed by atoms with Crippen molar-refractivity contribution in [2.75, 3.05) is 5.32 Å². The number of carbonyl (C=O) groups is 3. The number of benzene rings is 4. The maximum absolute atomic E-state index is 13.1. The number of carboxylic acids is 1. The Bertz CT molecular complexity index is 1440. The molecule has 0 aliphatic heterocycles. The van der Waals surface area contributed by atoms with E-state index in [9.17, 15) is 19.5 Å². The third-order valence-corrected chi connectivity index (χ3v) is 6.29. The van der Waals surface area contributed by atoms with Crippen molar-refractivity contribution in [3.05, 3.63) is 123 Å². The number of amides is 2. The van der Waals surface area contributed by atoms with Gasteiger partial charge in [-0.3, -0.25) is 9.59 Å². The van der Waals surface area contributed by atoms with Crippen molar-refractivity contribution in [3.8, 4) is 11.5 Å². The zero-order valence-corrected chi connectivity index (χ0v) is 22.2. The van der Waals surface area contributed by atoms with Gasteiger partial charge in [0.05, 0.1) is 11.3 Å². The summed E-state index contributed by atoms with van der Waals surface area (Å²) in [6.45, 7) is 0. The second-order valence-electron chi connectivity index (χ2n) is 8.28. The molecule has 3 N–H and O–H groups in total. The predicted octanol–water partition coefficient (Wildman–Crippen LogP) is 6.57. The Morgan fingerprint density at radius 3 is 2.16 bits per heavy atom. The van der Waals surface area contributed by atoms with Crippen LogP contribution in [0.5, 0.6) is 11.5 Å². The molecule has 9 heteroatoms. The Kier molecular flexibility index (Phi) is 8.78. The van der Waals surface area contributed by atoms with Crippen LogP contribution in [-0.4, -0.2) is 28.9 Å². The fourth-order valence-electron chi connectivity index (χ4n) is 3.60. The lowest BCUT2D eigenvalue weighted by molar-refractivity contribution is -0.139. The van der Waals surface area contributed by atoms with E-state index in [0.29, 0.717) is 17.1 Å². The highest BCUT2D eigenvalue weighted by atomic mass is 79.9. The molecule has 0 aliphatic carbocycles. The van der Waals surface area contributed by atoms with E-state index in [1.807, 2.05) is 30.3 Å². The molecule has 4 aromatic carbocycles. The minimum Gasteiger partial charge on any atom is -0.480 e. The van der Waals surface area contributed by atoms with Crippen LogP contribution in [0.4, 0.5) is 5.69 Å². The molecule has 4 aromatic rings. The summed E-state index contributed by atoms with van der Waals surface area (Å²) >= 11 is 9.45. The summed E-state index contributed by atoms with van der Waals surface area (Å²) in [5.41, 5.74) is 1.30. The molecule has 1 unspecified atom stereocenters. The van der Waals surface area contributed by atoms with E-state index < -0.39 is 23.8 Å². The normalized spacial score (nSPS) is 11.3. The summed E-state index contributed by atoms with van der Waals surface area (Å²) < 4.78 is 6.61. The first-order chi connectivity index (χ1) is 18.3. The predicted molar refractivity (Wildman–Crippen MR) is 149 cm³/mol. The van der Waals surface area contributed by atoms with Crippen molar-refractivity contribution in [2.24, 2.45) is 0 Å². The molecular formula is C29H22BrClN2O5. The first kappa shape index (κ1) is 26.9. The molecule has 2 amide bonds. The van der Waals surface area contributed by atoms with Crippen LogP contribution in [0.1, 0.15) is 26.3 Å². The van der Waals surface area contributed by atoms with Gasteiger partial charge in [-0.15, -0.1) is 0 Å². The Morgan fingerprint density at radius 2 is 1.50 bits per heavy atom. The van der Waals surface area contributed by atoms with E-state index in [1.165, 1.54) is 18.2 Å². The average molecular weight is 594 g/mol. The van der Waals surface area contributed by atoms with E-state index in [2.05, 4.69) is 26.6 Å². The molecule has 0 heterocycles. The van der Waals surface area contributed by atoms with Gasteiger partial charge in [-0.2, -0.15) is 0 Å². The van der Waals surface area contributed by atoms with Gasteiger partial charge in [-0.25, -0.2) is 4.79 Å². The highest BCUT2D eigenvalue weighted by molar-refractivity contribution is 9.10. The number of carboxylic acid groups (broad SMARTS) is 1. The second-order valence-corrected chi connectivity index (χ2v) is 9.63. The van der Waals surface area contributed by atoms with Crippen LogP contribution in [-0.2, 0) is 11.2 Å². The maximum atomic E-state index is 13.1. The summed E-state index contributed by atoms with van der Waals surface area (Å²) in [5.74, 6) is -1.10. The van der Waals surface area contributed by atoms with E-state index in [4.69, 9.17) is 16.3 Å². The minimum atomic E-state index is -1.19. The monoisotopic (exact) mass is 592 g/mol. The van der Waals surface area contributed by atoms with Gasteiger partial charge < -0.3 is 20.5 Å². The summed E-state index contributed by atoms with van der Waals surface area (Å²) in [7, 11) is 0. The zero-order chi connectivity index (χ0) is 27.1. The molecule has 0 saturated carbocycles. The van der Waals surface area contributed by atoms with Crippen molar-refractivity contribution >= 4 is 51.0 Å². The molecule has 0 radical (unpaired) electrons. The highest BCUT2D eigenvalue weighted by Gasteiger charge is 2.23. The average Bonchev–Trinajstić information content (AvgIpc) is 2.91. The van der Waals surface area contributed by atoms with Crippen LogP contribution in [0.3, 0.4) is 0 Å². The number of rotatable bonds is 9. The van der Waals surface area contributed by atoms with Gasteiger partial charge in [-0.05, 0) is 72.3 Å². The fourth-order valence-corrected chi connectivity index (χ4v) is 4.04. The van der Waals surface area contributed by atoms with Crippen molar-refractivity contribution in [2.45, 2.75) is 12.5 Å². The number of carbonyl (C=O) groups excluding carboxylic acids is 2. The van der Waals surface area contributed by atoms with E-state index >= 15 is 0 Å². The first-order valence-electron chi connectivity index (χ1n) is 11.5. The molecule has 0 aliphatic rings. The number of ether oxygens (including phenoxy) is 1. The number of anilines is 1. The third kappa shape index (κ3) is 7.21. The molecule has 0 bridgehead atoms. The second kappa shape index (κ2) is 12.4. The summed E-state index contributed by atoms with van der Waals surface area (Å²) in [5, 5.41) is 15.2. The summed E-state index contributed by atoms with van der Waals surface area (Å²) in [4.78, 5) is 37.9. The number of nitrogens with one attached hydrogen (secondary N) is 2. The van der Waals surface area contributed by atoms with Crippen LogP contribution >= 0.6 is 27.5 Å². The highest BCUT2D eigenvalue weighted by Crippen LogP contribution is 2.24.